The molecule has 14 atom stereocenters. The minimum Gasteiger partial charge on any atom is -0.748 e. The number of allylic oxidation sites excluding steroid dienone is 2. The maximum Gasteiger partial charge on any atom is 0.426 e. The summed E-state index contributed by atoms with van der Waals surface area (Å²) in [5, 5.41) is -0.161. The average Bonchev–Trinajstić information content (AvgIpc) is 1.60. The lowest BCUT2D eigenvalue weighted by atomic mass is 9.58. The summed E-state index contributed by atoms with van der Waals surface area (Å²) in [5.74, 6) is -27.5. The number of alkyl halides is 12. The van der Waals surface area contributed by atoms with Gasteiger partial charge in [-0.3, -0.25) is 28.8 Å². The molecule has 13 rings (SSSR count). The van der Waals surface area contributed by atoms with Gasteiger partial charge in [0.15, 0.2) is 0 Å². The number of halogens is 13. The second-order valence-electron chi connectivity index (χ2n) is 34.0. The Morgan fingerprint density at radius 1 is 0.303 bits per heavy atom. The molecule has 742 valence electrons. The van der Waals surface area contributed by atoms with Crippen LogP contribution in [0.3, 0.4) is 0 Å². The molecule has 0 spiro atoms. The normalized spacial score (nSPS) is 21.7. The maximum absolute atomic E-state index is 13.4. The number of hydrogen-bond acceptors (Lipinski definition) is 28. The van der Waals surface area contributed by atoms with E-state index in [9.17, 15) is 143 Å². The van der Waals surface area contributed by atoms with E-state index in [2.05, 4.69) is 18.9 Å². The Hall–Kier alpha value is -8.53. The number of carbonyl (C=O) groups is 8. The number of esters is 8. The first-order chi connectivity index (χ1) is 66.0. The SMILES string of the molecule is [B]Cc1cc(C[B])c(OC(=O)C2C3C=CC(CC3)C2C(=O)OC(CS(=O)(=O)[O-])C(F)(F)F)c(C[B])c1.[B]Cc1cc(C[B])c(OC(=O)C2C3CCC(C3)C2C(=O)OC(CS(=O)(=O)[O-])C(F)(F)F)c(C[B])c1.[B]Cc1cc(C[B])c(OC(=O)C2C3CCC(CC3)C2C(=O)OC(CS(=O)(=O)[O-])C(F)(F)F)c(C[B])c1.[B]Cc1cc(C[B])c(OC(=O)c2ccc(Cl)cc2C(=O)OC(CS(=O)(=O)[O-])C(F)(F)F)c(C[B])c1. The first-order valence-corrected chi connectivity index (χ1v) is 49.9. The van der Waals surface area contributed by atoms with Gasteiger partial charge in [0.05, 0.1) is 204 Å². The standard InChI is InChI=1S/C22H24B3F3O7S.C22H22B3F3O7S.C21H22B3F3O7S.C20H15B3ClF3O7S/c2*23-7-11-5-14(8-24)19(15(6-11)9-25)35-21(30)18-13-3-1-12(2-4-13)17(18)20(29)34-16(22(26,27)28)10-36(31,32)33;22-6-10-3-13(7-23)18(14(4-10)8-24)34-20(29)17-12-2-1-11(5-12)16(17)19(28)33-15(21(25,26)27)9-35(30,31)32;21-6-10-3-11(7-22)17(12(4-10)8-23)34-18(28)14-2-1-13(24)5-15(14)19(29)33-16(20(25,26)27)9-35(30,31)32/h5-6,12-13,16-18H,1-4,7-10H2,(H,31,32,33);1,3,5-6,12-13,16-18H,2,4,7-10H2,(H,31,32,33);3-4,11-12,15-17H,1-2,5-9H2,(H,30,31,32);1-5,16H,6-9H2,(H,30,31,32)/p-4. The molecule has 0 saturated heterocycles. The Balaban J connectivity index is 0.000000232. The molecule has 57 heteroatoms. The fourth-order valence-electron chi connectivity index (χ4n) is 18.1. The van der Waals surface area contributed by atoms with Crippen molar-refractivity contribution in [3.05, 3.63) is 162 Å². The van der Waals surface area contributed by atoms with Gasteiger partial charge in [-0.1, -0.05) is 170 Å². The molecule has 0 aliphatic heterocycles. The van der Waals surface area contributed by atoms with Crippen LogP contribution in [0.15, 0.2) is 78.9 Å². The summed E-state index contributed by atoms with van der Waals surface area (Å²) in [5.41, 5.74) is 4.78. The highest BCUT2D eigenvalue weighted by Gasteiger charge is 2.59. The van der Waals surface area contributed by atoms with Crippen molar-refractivity contribution in [3.63, 3.8) is 0 Å². The van der Waals surface area contributed by atoms with Crippen LogP contribution in [-0.4, -0.2) is 266 Å². The zero-order valence-corrected chi connectivity index (χ0v) is 78.8. The fraction of sp³-hybridized carbons (Fsp3) is 0.529. The van der Waals surface area contributed by atoms with Crippen molar-refractivity contribution in [2.45, 2.75) is 183 Å². The van der Waals surface area contributed by atoms with Crippen LogP contribution < -0.4 is 18.9 Å². The Labute approximate surface area is 831 Å². The second kappa shape index (κ2) is 49.8. The molecule has 24 radical (unpaired) electrons. The lowest BCUT2D eigenvalue weighted by Gasteiger charge is -2.46. The molecule has 6 saturated carbocycles. The summed E-state index contributed by atoms with van der Waals surface area (Å²) in [6.45, 7) is 0. The molecular formula is C85H79B12ClF12O28S4-4. The zero-order chi connectivity index (χ0) is 106. The molecule has 8 aliphatic rings. The quantitative estimate of drug-likeness (QED) is 0.00775. The van der Waals surface area contributed by atoms with E-state index in [0.717, 1.165) is 18.2 Å². The number of rotatable bonds is 36. The van der Waals surface area contributed by atoms with Crippen LogP contribution >= 0.6 is 11.6 Å². The minimum atomic E-state index is -5.43. The first-order valence-electron chi connectivity index (χ1n) is 43.2. The van der Waals surface area contributed by atoms with Gasteiger partial charge < -0.3 is 56.1 Å². The number of carbonyl (C=O) groups excluding carboxylic acids is 8. The summed E-state index contributed by atoms with van der Waals surface area (Å²) >= 11 is 5.81. The van der Waals surface area contributed by atoms with Gasteiger partial charge in [-0.2, -0.15) is 52.7 Å². The smallest absolute Gasteiger partial charge is 0.426 e. The van der Waals surface area contributed by atoms with Crippen LogP contribution in [0.2, 0.25) is 5.02 Å². The van der Waals surface area contributed by atoms with E-state index in [1.165, 1.54) is 0 Å². The number of benzene rings is 5. The van der Waals surface area contributed by atoms with Crippen molar-refractivity contribution in [1.29, 1.82) is 0 Å². The predicted octanol–water partition coefficient (Wildman–Crippen LogP) is 6.59. The summed E-state index contributed by atoms with van der Waals surface area (Å²) in [6, 6.07) is 16.0. The third-order valence-electron chi connectivity index (χ3n) is 24.6. The molecule has 6 fully saturated rings. The highest BCUT2D eigenvalue weighted by molar-refractivity contribution is 7.86. The first kappa shape index (κ1) is 119. The third-order valence-corrected chi connectivity index (χ3v) is 27.6. The van der Waals surface area contributed by atoms with Crippen LogP contribution in [-0.2, 0) is 164 Å². The predicted molar refractivity (Wildman–Crippen MR) is 486 cm³/mol. The summed E-state index contributed by atoms with van der Waals surface area (Å²) in [7, 11) is 47.3. The van der Waals surface area contributed by atoms with E-state index in [0.29, 0.717) is 125 Å². The van der Waals surface area contributed by atoms with Crippen LogP contribution in [0, 0.1) is 71.0 Å². The Kier molecular flexibility index (Phi) is 41.6. The van der Waals surface area contributed by atoms with E-state index >= 15 is 0 Å². The monoisotopic (exact) mass is 2070 g/mol. The van der Waals surface area contributed by atoms with Crippen molar-refractivity contribution < 1.29 is 181 Å². The molecule has 28 nitrogen and oxygen atoms in total. The van der Waals surface area contributed by atoms with Crippen molar-refractivity contribution in [2.24, 2.45) is 71.0 Å². The van der Waals surface area contributed by atoms with Crippen molar-refractivity contribution in [1.82, 2.24) is 0 Å². The van der Waals surface area contributed by atoms with E-state index in [-0.39, 0.29) is 116 Å². The number of hydrogen-bond donors (Lipinski definition) is 0. The number of fused-ring (bicyclic) bond motifs is 7. The van der Waals surface area contributed by atoms with Crippen LogP contribution in [0.25, 0.3) is 0 Å². The Morgan fingerprint density at radius 3 is 0.796 bits per heavy atom. The summed E-state index contributed by atoms with van der Waals surface area (Å²) in [4.78, 5) is 104. The highest BCUT2D eigenvalue weighted by Crippen LogP contribution is 2.55. The molecule has 8 aliphatic carbocycles. The van der Waals surface area contributed by atoms with E-state index in [4.69, 9.17) is 125 Å². The van der Waals surface area contributed by atoms with Gasteiger partial charge in [0.1, 0.15) is 23.0 Å². The van der Waals surface area contributed by atoms with Crippen molar-refractivity contribution >= 4 is 194 Å². The number of ether oxygens (including phenoxy) is 8. The third kappa shape index (κ3) is 31.8. The van der Waals surface area contributed by atoms with E-state index in [1.54, 1.807) is 60.7 Å². The summed E-state index contributed by atoms with van der Waals surface area (Å²) < 4.78 is 330. The van der Waals surface area contributed by atoms with Crippen molar-refractivity contribution in [3.8, 4) is 23.0 Å². The lowest BCUT2D eigenvalue weighted by molar-refractivity contribution is -0.222. The van der Waals surface area contributed by atoms with E-state index in [1.807, 2.05) is 0 Å². The molecule has 0 heterocycles. The van der Waals surface area contributed by atoms with Crippen molar-refractivity contribution in [2.75, 3.05) is 23.0 Å². The van der Waals surface area contributed by atoms with Gasteiger partial charge >= 0.3 is 72.5 Å². The van der Waals surface area contributed by atoms with Gasteiger partial charge in [-0.25, -0.2) is 43.3 Å². The van der Waals surface area contributed by atoms with Crippen LogP contribution in [0.4, 0.5) is 52.7 Å². The second-order valence-corrected chi connectivity index (χ2v) is 40.2. The zero-order valence-electron chi connectivity index (χ0n) is 74.8. The van der Waals surface area contributed by atoms with Crippen LogP contribution in [0.1, 0.15) is 145 Å². The Bertz CT molecular complexity index is 5850. The molecular weight excluding hydrogens is 1990 g/mol. The molecule has 0 aromatic heterocycles. The highest BCUT2D eigenvalue weighted by atomic mass is 35.5. The maximum atomic E-state index is 13.4. The van der Waals surface area contributed by atoms with E-state index < -0.39 is 231 Å². The molecule has 14 unspecified atom stereocenters. The average molecular weight is 2070 g/mol. The topological polar surface area (TPSA) is 439 Å². The minimum absolute atomic E-state index is 0.0113. The summed E-state index contributed by atoms with van der Waals surface area (Å²) in [6.07, 6.45) is -25.8. The van der Waals surface area contributed by atoms with Gasteiger partial charge in [-0.15, -0.1) is 0 Å². The molecule has 6 bridgehead atoms. The lowest BCUT2D eigenvalue weighted by Crippen LogP contribution is -2.51. The molecule has 142 heavy (non-hydrogen) atoms. The largest absolute Gasteiger partial charge is 0.748 e. The molecule has 0 N–H and O–H groups in total. The van der Waals surface area contributed by atoms with Gasteiger partial charge in [-0.05, 0) is 156 Å². The molecule has 0 amide bonds. The molecule has 5 aromatic rings. The van der Waals surface area contributed by atoms with Gasteiger partial charge in [0, 0.05) is 5.02 Å². The van der Waals surface area contributed by atoms with Gasteiger partial charge in [0.25, 0.3) is 0 Å². The van der Waals surface area contributed by atoms with Gasteiger partial charge in [0.2, 0.25) is 24.4 Å². The van der Waals surface area contributed by atoms with Crippen LogP contribution in [0.5, 0.6) is 23.0 Å². The fourth-order valence-corrected chi connectivity index (χ4v) is 20.8. The Morgan fingerprint density at radius 2 is 0.535 bits per heavy atom. The molecule has 5 aromatic carbocycles.